The van der Waals surface area contributed by atoms with Crippen LogP contribution in [0.4, 0.5) is 0 Å². The Hall–Kier alpha value is -0.710. The highest BCUT2D eigenvalue weighted by Gasteiger charge is 2.53. The Balaban J connectivity index is 1.78. The molecule has 2 amide bonds. The molecule has 3 saturated heterocycles. The van der Waals surface area contributed by atoms with Gasteiger partial charge in [-0.2, -0.15) is 0 Å². The fourth-order valence-corrected chi connectivity index (χ4v) is 5.22. The third-order valence-corrected chi connectivity index (χ3v) is 6.57. The van der Waals surface area contributed by atoms with Gasteiger partial charge >= 0.3 is 0 Å². The van der Waals surface area contributed by atoms with Crippen LogP contribution in [0.1, 0.15) is 52.4 Å². The first-order chi connectivity index (χ1) is 9.53. The quantitative estimate of drug-likeness (QED) is 0.745. The normalized spacial score (nSPS) is 38.0. The van der Waals surface area contributed by atoms with Gasteiger partial charge in [-0.3, -0.25) is 9.59 Å². The number of likely N-dealkylation sites (tertiary alicyclic amines) is 1. The first-order valence-corrected chi connectivity index (χ1v) is 8.78. The molecule has 3 atom stereocenters. The van der Waals surface area contributed by atoms with E-state index < -0.39 is 0 Å². The van der Waals surface area contributed by atoms with Gasteiger partial charge < -0.3 is 9.80 Å². The van der Waals surface area contributed by atoms with Crippen LogP contribution in [0.5, 0.6) is 0 Å². The van der Waals surface area contributed by atoms with E-state index >= 15 is 0 Å². The van der Waals surface area contributed by atoms with E-state index in [0.717, 1.165) is 31.6 Å². The molecule has 0 aromatic carbocycles. The van der Waals surface area contributed by atoms with Crippen molar-refractivity contribution in [2.24, 2.45) is 0 Å². The monoisotopic (exact) mass is 296 g/mol. The summed E-state index contributed by atoms with van der Waals surface area (Å²) in [7, 11) is 0. The first-order valence-electron chi connectivity index (χ1n) is 7.79. The van der Waals surface area contributed by atoms with Crippen LogP contribution in [-0.2, 0) is 9.59 Å². The molecule has 3 rings (SSSR count). The lowest BCUT2D eigenvalue weighted by atomic mass is 10.1. The van der Waals surface area contributed by atoms with Gasteiger partial charge in [-0.05, 0) is 33.1 Å². The molecule has 0 saturated carbocycles. The molecule has 3 aliphatic rings. The number of hydrogen-bond acceptors (Lipinski definition) is 3. The van der Waals surface area contributed by atoms with Crippen LogP contribution in [0.15, 0.2) is 0 Å². The average Bonchev–Trinajstić information content (AvgIpc) is 2.80. The molecule has 3 unspecified atom stereocenters. The summed E-state index contributed by atoms with van der Waals surface area (Å²) in [5, 5.41) is 0. The molecule has 3 aliphatic heterocycles. The van der Waals surface area contributed by atoms with Gasteiger partial charge in [-0.1, -0.05) is 12.8 Å². The molecule has 3 fully saturated rings. The maximum absolute atomic E-state index is 12.9. The Bertz CT molecular complexity index is 428. The second-order valence-electron chi connectivity index (χ2n) is 6.50. The summed E-state index contributed by atoms with van der Waals surface area (Å²) in [6.07, 6.45) is 6.11. The summed E-state index contributed by atoms with van der Waals surface area (Å²) in [4.78, 5) is 28.9. The van der Waals surface area contributed by atoms with Crippen molar-refractivity contribution in [3.8, 4) is 0 Å². The van der Waals surface area contributed by atoms with Crippen molar-refractivity contribution in [1.29, 1.82) is 0 Å². The zero-order valence-corrected chi connectivity index (χ0v) is 13.2. The van der Waals surface area contributed by atoms with E-state index in [1.54, 1.807) is 11.8 Å². The topological polar surface area (TPSA) is 40.6 Å². The van der Waals surface area contributed by atoms with Gasteiger partial charge in [-0.25, -0.2) is 0 Å². The van der Waals surface area contributed by atoms with Crippen molar-refractivity contribution >= 4 is 23.6 Å². The lowest BCUT2D eigenvalue weighted by molar-refractivity contribution is -0.145. The summed E-state index contributed by atoms with van der Waals surface area (Å²) in [6.45, 7) is 5.12. The molecule has 0 radical (unpaired) electrons. The summed E-state index contributed by atoms with van der Waals surface area (Å²) < 4.78 is 0. The highest BCUT2D eigenvalue weighted by Crippen LogP contribution is 2.47. The molecule has 3 heterocycles. The van der Waals surface area contributed by atoms with E-state index in [-0.39, 0.29) is 22.7 Å². The Morgan fingerprint density at radius 2 is 2.15 bits per heavy atom. The SMILES string of the molecule is CC1CCCCCN1C(=O)C1CSC2(C)CCC(=O)N12. The van der Waals surface area contributed by atoms with E-state index in [1.807, 2.05) is 9.80 Å². The average molecular weight is 296 g/mol. The predicted octanol–water partition coefficient (Wildman–Crippen LogP) is 2.23. The minimum absolute atomic E-state index is 0.132. The largest absolute Gasteiger partial charge is 0.338 e. The number of hydrogen-bond donors (Lipinski definition) is 0. The van der Waals surface area contributed by atoms with Gasteiger partial charge in [-0.15, -0.1) is 11.8 Å². The second-order valence-corrected chi connectivity index (χ2v) is 8.00. The van der Waals surface area contributed by atoms with E-state index in [2.05, 4.69) is 13.8 Å². The van der Waals surface area contributed by atoms with E-state index in [1.165, 1.54) is 12.8 Å². The zero-order valence-electron chi connectivity index (χ0n) is 12.4. The van der Waals surface area contributed by atoms with E-state index in [9.17, 15) is 9.59 Å². The van der Waals surface area contributed by atoms with Crippen LogP contribution < -0.4 is 0 Å². The van der Waals surface area contributed by atoms with Gasteiger partial charge in [0.2, 0.25) is 11.8 Å². The Morgan fingerprint density at radius 3 is 2.95 bits per heavy atom. The molecular weight excluding hydrogens is 272 g/mol. The summed E-state index contributed by atoms with van der Waals surface area (Å²) in [5.41, 5.74) is 0. The molecule has 4 nitrogen and oxygen atoms in total. The molecule has 5 heteroatoms. The van der Waals surface area contributed by atoms with Crippen LogP contribution in [0.2, 0.25) is 0 Å². The molecule has 0 N–H and O–H groups in total. The van der Waals surface area contributed by atoms with Gasteiger partial charge in [0.25, 0.3) is 0 Å². The van der Waals surface area contributed by atoms with Crippen LogP contribution in [0.3, 0.4) is 0 Å². The Kier molecular flexibility index (Phi) is 3.73. The Labute approximate surface area is 125 Å². The number of nitrogens with zero attached hydrogens (tertiary/aromatic N) is 2. The fraction of sp³-hybridized carbons (Fsp3) is 0.867. The van der Waals surface area contributed by atoms with E-state index in [0.29, 0.717) is 12.5 Å². The number of rotatable bonds is 1. The number of thioether (sulfide) groups is 1. The smallest absolute Gasteiger partial charge is 0.246 e. The van der Waals surface area contributed by atoms with Gasteiger partial charge in [0.05, 0.1) is 4.87 Å². The fourth-order valence-electron chi connectivity index (χ4n) is 3.80. The third kappa shape index (κ3) is 2.24. The van der Waals surface area contributed by atoms with Crippen molar-refractivity contribution in [2.75, 3.05) is 12.3 Å². The van der Waals surface area contributed by atoms with Crippen LogP contribution >= 0.6 is 11.8 Å². The number of fused-ring (bicyclic) bond motifs is 1. The zero-order chi connectivity index (χ0) is 14.3. The third-order valence-electron chi connectivity index (χ3n) is 5.07. The van der Waals surface area contributed by atoms with Gasteiger partial charge in [0, 0.05) is 24.8 Å². The van der Waals surface area contributed by atoms with Crippen molar-refractivity contribution in [1.82, 2.24) is 9.80 Å². The van der Waals surface area contributed by atoms with Crippen molar-refractivity contribution in [2.45, 2.75) is 69.3 Å². The van der Waals surface area contributed by atoms with Crippen molar-refractivity contribution in [3.63, 3.8) is 0 Å². The standard InChI is InChI=1S/C15H24N2O2S/c1-11-6-4-3-5-9-16(11)14(19)12-10-20-15(2)8-7-13(18)17(12)15/h11-12H,3-10H2,1-2H3. The van der Waals surface area contributed by atoms with Gasteiger partial charge in [0.1, 0.15) is 6.04 Å². The number of carbonyl (C=O) groups is 2. The Morgan fingerprint density at radius 1 is 1.35 bits per heavy atom. The molecule has 0 aromatic rings. The summed E-state index contributed by atoms with van der Waals surface area (Å²) in [5.74, 6) is 1.12. The van der Waals surface area contributed by atoms with Gasteiger partial charge in [0.15, 0.2) is 0 Å². The first kappa shape index (κ1) is 14.2. The second kappa shape index (κ2) is 5.24. The lowest BCUT2D eigenvalue weighted by Gasteiger charge is -2.35. The molecule has 0 bridgehead atoms. The number of carbonyl (C=O) groups excluding carboxylic acids is 2. The van der Waals surface area contributed by atoms with Crippen LogP contribution in [-0.4, -0.2) is 50.9 Å². The van der Waals surface area contributed by atoms with Crippen molar-refractivity contribution < 1.29 is 9.59 Å². The predicted molar refractivity (Wildman–Crippen MR) is 80.4 cm³/mol. The molecule has 0 aromatic heterocycles. The summed E-state index contributed by atoms with van der Waals surface area (Å²) >= 11 is 1.78. The minimum Gasteiger partial charge on any atom is -0.338 e. The minimum atomic E-state index is -0.222. The highest BCUT2D eigenvalue weighted by atomic mass is 32.2. The molecule has 20 heavy (non-hydrogen) atoms. The lowest BCUT2D eigenvalue weighted by Crippen LogP contribution is -2.53. The van der Waals surface area contributed by atoms with Crippen molar-refractivity contribution in [3.05, 3.63) is 0 Å². The van der Waals surface area contributed by atoms with E-state index in [4.69, 9.17) is 0 Å². The maximum Gasteiger partial charge on any atom is 0.246 e. The molecular formula is C15H24N2O2S. The highest BCUT2D eigenvalue weighted by molar-refractivity contribution is 8.01. The number of amides is 2. The van der Waals surface area contributed by atoms with Crippen LogP contribution in [0.25, 0.3) is 0 Å². The summed E-state index contributed by atoms with van der Waals surface area (Å²) in [6, 6.07) is 0.0973. The maximum atomic E-state index is 12.9. The van der Waals surface area contributed by atoms with Crippen LogP contribution in [0, 0.1) is 0 Å². The molecule has 0 aliphatic carbocycles. The molecule has 0 spiro atoms. The molecule has 112 valence electrons.